The first-order chi connectivity index (χ1) is 8.25. The van der Waals surface area contributed by atoms with E-state index in [1.807, 2.05) is 24.3 Å². The molecule has 17 heavy (non-hydrogen) atoms. The maximum atomic E-state index is 12.2. The number of fused-ring (bicyclic) bond motifs is 1. The third kappa shape index (κ3) is 1.62. The lowest BCUT2D eigenvalue weighted by Gasteiger charge is -2.14. The van der Waals surface area contributed by atoms with Gasteiger partial charge in [-0.25, -0.2) is 0 Å². The van der Waals surface area contributed by atoms with Crippen LogP contribution in [0.5, 0.6) is 0 Å². The molecule has 0 saturated carbocycles. The zero-order valence-corrected chi connectivity index (χ0v) is 9.51. The largest absolute Gasteiger partial charge is 0.351 e. The zero-order valence-electron chi connectivity index (χ0n) is 9.51. The maximum absolute atomic E-state index is 12.2. The number of rotatable bonds is 1. The molecule has 0 spiro atoms. The number of benzene rings is 1. The van der Waals surface area contributed by atoms with E-state index >= 15 is 0 Å². The highest BCUT2D eigenvalue weighted by Gasteiger charge is 2.27. The number of hydrogen-bond donors (Lipinski definition) is 0. The molecule has 1 amide bonds. The van der Waals surface area contributed by atoms with Gasteiger partial charge in [-0.1, -0.05) is 23.4 Å². The van der Waals surface area contributed by atoms with Crippen molar-refractivity contribution >= 4 is 11.6 Å². The van der Waals surface area contributed by atoms with Crippen LogP contribution in [0, 0.1) is 6.92 Å². The molecule has 2 aromatic rings. The van der Waals surface area contributed by atoms with Gasteiger partial charge in [-0.2, -0.15) is 0 Å². The van der Waals surface area contributed by atoms with Gasteiger partial charge in [0.15, 0.2) is 0 Å². The second-order valence-corrected chi connectivity index (χ2v) is 4.17. The van der Waals surface area contributed by atoms with Gasteiger partial charge in [0.25, 0.3) is 5.91 Å². The highest BCUT2D eigenvalue weighted by atomic mass is 16.5. The predicted octanol–water partition coefficient (Wildman–Crippen LogP) is 2.19. The minimum Gasteiger partial charge on any atom is -0.351 e. The van der Waals surface area contributed by atoms with Crippen LogP contribution in [0.3, 0.4) is 0 Å². The molecule has 0 fully saturated rings. The topological polar surface area (TPSA) is 46.3 Å². The molecular weight excluding hydrogens is 216 g/mol. The minimum absolute atomic E-state index is 0.115. The maximum Gasteiger partial charge on any atom is 0.296 e. The number of para-hydroxylation sites is 1. The standard InChI is InChI=1S/C13H12N2O2/c1-9-8-12(17-14-9)13(16)15-7-6-10-4-2-3-5-11(10)15/h2-5,8H,6-7H2,1H3. The molecule has 0 unspecified atom stereocenters. The number of aromatic nitrogens is 1. The van der Waals surface area contributed by atoms with Gasteiger partial charge in [-0.3, -0.25) is 4.79 Å². The molecule has 1 aromatic heterocycles. The zero-order chi connectivity index (χ0) is 11.8. The monoisotopic (exact) mass is 228 g/mol. The Morgan fingerprint density at radius 2 is 2.24 bits per heavy atom. The summed E-state index contributed by atoms with van der Waals surface area (Å²) in [6.45, 7) is 2.51. The Balaban J connectivity index is 1.95. The van der Waals surface area contributed by atoms with Crippen LogP contribution >= 0.6 is 0 Å². The molecule has 4 heteroatoms. The molecule has 0 N–H and O–H groups in total. The fourth-order valence-electron chi connectivity index (χ4n) is 2.15. The third-order valence-electron chi connectivity index (χ3n) is 2.97. The van der Waals surface area contributed by atoms with E-state index in [1.54, 1.807) is 17.9 Å². The summed E-state index contributed by atoms with van der Waals surface area (Å²) < 4.78 is 5.01. The SMILES string of the molecule is Cc1cc(C(=O)N2CCc3ccccc32)on1. The fraction of sp³-hybridized carbons (Fsp3) is 0.231. The van der Waals surface area contributed by atoms with Crippen molar-refractivity contribution in [3.05, 3.63) is 47.3 Å². The number of aryl methyl sites for hydroxylation is 1. The molecule has 0 atom stereocenters. The van der Waals surface area contributed by atoms with Crippen molar-refractivity contribution in [2.75, 3.05) is 11.4 Å². The van der Waals surface area contributed by atoms with Gasteiger partial charge in [0.2, 0.25) is 5.76 Å². The molecule has 4 nitrogen and oxygen atoms in total. The quantitative estimate of drug-likeness (QED) is 0.751. The van der Waals surface area contributed by atoms with Gasteiger partial charge in [0.05, 0.1) is 5.69 Å². The first-order valence-electron chi connectivity index (χ1n) is 5.59. The van der Waals surface area contributed by atoms with E-state index in [0.717, 1.165) is 17.8 Å². The fourth-order valence-corrected chi connectivity index (χ4v) is 2.15. The summed E-state index contributed by atoms with van der Waals surface area (Å²) in [5.41, 5.74) is 2.91. The summed E-state index contributed by atoms with van der Waals surface area (Å²) in [5, 5.41) is 3.74. The molecule has 2 heterocycles. The van der Waals surface area contributed by atoms with Crippen LogP contribution in [0.15, 0.2) is 34.9 Å². The van der Waals surface area contributed by atoms with Crippen LogP contribution in [0.25, 0.3) is 0 Å². The molecule has 86 valence electrons. The first-order valence-corrected chi connectivity index (χ1v) is 5.59. The van der Waals surface area contributed by atoms with Crippen LogP contribution in [0.2, 0.25) is 0 Å². The van der Waals surface area contributed by atoms with Crippen LogP contribution in [0.1, 0.15) is 21.8 Å². The molecule has 1 aliphatic rings. The van der Waals surface area contributed by atoms with Crippen molar-refractivity contribution in [1.29, 1.82) is 0 Å². The van der Waals surface area contributed by atoms with Crippen molar-refractivity contribution in [3.8, 4) is 0 Å². The van der Waals surface area contributed by atoms with Crippen molar-refractivity contribution in [2.45, 2.75) is 13.3 Å². The molecule has 1 aromatic carbocycles. The number of amides is 1. The van der Waals surface area contributed by atoms with Crippen LogP contribution in [-0.2, 0) is 6.42 Å². The van der Waals surface area contributed by atoms with Crippen molar-refractivity contribution in [3.63, 3.8) is 0 Å². The van der Waals surface area contributed by atoms with Gasteiger partial charge in [-0.05, 0) is 25.0 Å². The highest BCUT2D eigenvalue weighted by Crippen LogP contribution is 2.28. The Morgan fingerprint density at radius 3 is 3.00 bits per heavy atom. The van der Waals surface area contributed by atoms with E-state index in [4.69, 9.17) is 4.52 Å². The molecule has 3 rings (SSSR count). The van der Waals surface area contributed by atoms with Crippen LogP contribution in [-0.4, -0.2) is 17.6 Å². The highest BCUT2D eigenvalue weighted by molar-refractivity contribution is 6.05. The third-order valence-corrected chi connectivity index (χ3v) is 2.97. The number of carbonyl (C=O) groups excluding carboxylic acids is 1. The van der Waals surface area contributed by atoms with Crippen LogP contribution < -0.4 is 4.90 Å². The second kappa shape index (κ2) is 3.73. The number of hydrogen-bond acceptors (Lipinski definition) is 3. The van der Waals surface area contributed by atoms with Gasteiger partial charge < -0.3 is 9.42 Å². The average Bonchev–Trinajstić information content (AvgIpc) is 2.94. The van der Waals surface area contributed by atoms with Crippen LogP contribution in [0.4, 0.5) is 5.69 Å². The first kappa shape index (κ1) is 10.1. The molecule has 0 bridgehead atoms. The van der Waals surface area contributed by atoms with E-state index in [2.05, 4.69) is 5.16 Å². The Bertz CT molecular complexity index is 574. The lowest BCUT2D eigenvalue weighted by molar-refractivity contribution is 0.0954. The van der Waals surface area contributed by atoms with Gasteiger partial charge in [0.1, 0.15) is 0 Å². The summed E-state index contributed by atoms with van der Waals surface area (Å²) >= 11 is 0. The predicted molar refractivity (Wildman–Crippen MR) is 63.1 cm³/mol. The number of nitrogens with zero attached hydrogens (tertiary/aromatic N) is 2. The van der Waals surface area contributed by atoms with Gasteiger partial charge in [-0.15, -0.1) is 0 Å². The second-order valence-electron chi connectivity index (χ2n) is 4.17. The Labute approximate surface area is 98.8 Å². The lowest BCUT2D eigenvalue weighted by Crippen LogP contribution is -2.28. The van der Waals surface area contributed by atoms with E-state index in [1.165, 1.54) is 5.56 Å². The summed E-state index contributed by atoms with van der Waals surface area (Å²) in [6, 6.07) is 9.61. The van der Waals surface area contributed by atoms with Gasteiger partial charge >= 0.3 is 0 Å². The normalized spacial score (nSPS) is 13.8. The minimum atomic E-state index is -0.115. The summed E-state index contributed by atoms with van der Waals surface area (Å²) in [5.74, 6) is 0.190. The smallest absolute Gasteiger partial charge is 0.296 e. The summed E-state index contributed by atoms with van der Waals surface area (Å²) in [7, 11) is 0. The van der Waals surface area contributed by atoms with Crippen molar-refractivity contribution < 1.29 is 9.32 Å². The summed E-state index contributed by atoms with van der Waals surface area (Å²) in [6.07, 6.45) is 0.898. The molecule has 1 aliphatic heterocycles. The van der Waals surface area contributed by atoms with Crippen molar-refractivity contribution in [1.82, 2.24) is 5.16 Å². The Hall–Kier alpha value is -2.10. The van der Waals surface area contributed by atoms with E-state index in [-0.39, 0.29) is 5.91 Å². The van der Waals surface area contributed by atoms with Gasteiger partial charge in [0, 0.05) is 18.3 Å². The molecule has 0 radical (unpaired) electrons. The molecule has 0 aliphatic carbocycles. The van der Waals surface area contributed by atoms with E-state index < -0.39 is 0 Å². The van der Waals surface area contributed by atoms with E-state index in [9.17, 15) is 4.79 Å². The molecular formula is C13H12N2O2. The number of anilines is 1. The Morgan fingerprint density at radius 1 is 1.41 bits per heavy atom. The molecule has 0 saturated heterocycles. The number of carbonyl (C=O) groups is 1. The Kier molecular flexibility index (Phi) is 2.21. The lowest BCUT2D eigenvalue weighted by atomic mass is 10.2. The van der Waals surface area contributed by atoms with E-state index in [0.29, 0.717) is 12.3 Å². The average molecular weight is 228 g/mol. The summed E-state index contributed by atoms with van der Waals surface area (Å²) in [4.78, 5) is 14.0. The van der Waals surface area contributed by atoms with Crippen molar-refractivity contribution in [2.24, 2.45) is 0 Å².